The van der Waals surface area contributed by atoms with Gasteiger partial charge in [-0.1, -0.05) is 36.0 Å². The zero-order valence-corrected chi connectivity index (χ0v) is 18.1. The molecule has 0 fully saturated rings. The Morgan fingerprint density at radius 3 is 2.79 bits per heavy atom. The minimum Gasteiger partial charge on any atom is -0.454 e. The number of ether oxygens (including phenoxy) is 2. The molecule has 1 aliphatic heterocycles. The number of halogens is 1. The van der Waals surface area contributed by atoms with E-state index >= 15 is 0 Å². The van der Waals surface area contributed by atoms with Gasteiger partial charge in [-0.25, -0.2) is 9.37 Å². The highest BCUT2D eigenvalue weighted by Gasteiger charge is 2.16. The summed E-state index contributed by atoms with van der Waals surface area (Å²) in [5, 5.41) is 3.57. The molecular weight excluding hydrogens is 445 g/mol. The highest BCUT2D eigenvalue weighted by molar-refractivity contribution is 7.99. The Labute approximate surface area is 192 Å². The molecule has 0 atom stereocenters. The van der Waals surface area contributed by atoms with Gasteiger partial charge in [-0.05, 0) is 48.0 Å². The Hall–Kier alpha value is -3.85. The van der Waals surface area contributed by atoms with Gasteiger partial charge >= 0.3 is 0 Å². The molecule has 2 heterocycles. The van der Waals surface area contributed by atoms with E-state index in [4.69, 9.17) is 9.47 Å². The molecule has 1 N–H and O–H groups in total. The van der Waals surface area contributed by atoms with E-state index in [1.54, 1.807) is 36.4 Å². The lowest BCUT2D eigenvalue weighted by atomic mass is 10.2. The summed E-state index contributed by atoms with van der Waals surface area (Å²) < 4.78 is 25.8. The minimum atomic E-state index is -0.468. The van der Waals surface area contributed by atoms with Crippen LogP contribution in [0.25, 0.3) is 16.6 Å². The first-order chi connectivity index (χ1) is 16.1. The normalized spacial score (nSPS) is 12.2. The Morgan fingerprint density at radius 1 is 1.06 bits per heavy atom. The van der Waals surface area contributed by atoms with Crippen molar-refractivity contribution in [3.63, 3.8) is 0 Å². The van der Waals surface area contributed by atoms with E-state index < -0.39 is 5.82 Å². The summed E-state index contributed by atoms with van der Waals surface area (Å²) in [5.74, 6) is 0.662. The standard InChI is InChI=1S/C24H18FN3O4S/c25-16-4-3-5-17(11-16)28-23(30)18-6-1-2-7-19(18)27-24(28)33-13-22(29)26-12-15-8-9-20-21(10-15)32-14-31-20/h1-11H,12-14H2,(H,26,29). The average Bonchev–Trinajstić information content (AvgIpc) is 3.29. The van der Waals surface area contributed by atoms with E-state index in [1.165, 1.54) is 22.8 Å². The van der Waals surface area contributed by atoms with Crippen LogP contribution in [-0.2, 0) is 11.3 Å². The van der Waals surface area contributed by atoms with Crippen LogP contribution in [0.1, 0.15) is 5.56 Å². The number of rotatable bonds is 6. The quantitative estimate of drug-likeness (QED) is 0.347. The van der Waals surface area contributed by atoms with Gasteiger partial charge in [-0.3, -0.25) is 14.2 Å². The average molecular weight is 463 g/mol. The molecule has 5 rings (SSSR count). The van der Waals surface area contributed by atoms with Crippen LogP contribution in [0.15, 0.2) is 76.7 Å². The van der Waals surface area contributed by atoms with Crippen molar-refractivity contribution in [2.24, 2.45) is 0 Å². The molecule has 1 amide bonds. The van der Waals surface area contributed by atoms with Gasteiger partial charge in [0.15, 0.2) is 16.7 Å². The summed E-state index contributed by atoms with van der Waals surface area (Å²) >= 11 is 1.11. The number of aromatic nitrogens is 2. The second-order valence-corrected chi connectivity index (χ2v) is 8.23. The van der Waals surface area contributed by atoms with Crippen LogP contribution in [0, 0.1) is 5.82 Å². The summed E-state index contributed by atoms with van der Waals surface area (Å²) in [6.07, 6.45) is 0. The van der Waals surface area contributed by atoms with E-state index in [0.29, 0.717) is 39.8 Å². The third-order valence-electron chi connectivity index (χ3n) is 5.07. The van der Waals surface area contributed by atoms with Crippen molar-refractivity contribution in [3.8, 4) is 17.2 Å². The van der Waals surface area contributed by atoms with Gasteiger partial charge in [0.25, 0.3) is 5.56 Å². The lowest BCUT2D eigenvalue weighted by Crippen LogP contribution is -2.26. The number of para-hydroxylation sites is 1. The maximum Gasteiger partial charge on any atom is 0.266 e. The summed E-state index contributed by atoms with van der Waals surface area (Å²) in [6.45, 7) is 0.505. The number of benzene rings is 3. The zero-order chi connectivity index (χ0) is 22.8. The fourth-order valence-corrected chi connectivity index (χ4v) is 4.33. The minimum absolute atomic E-state index is 0.0324. The molecule has 0 radical (unpaired) electrons. The number of thioether (sulfide) groups is 1. The second kappa shape index (κ2) is 8.95. The number of carbonyl (C=O) groups excluding carboxylic acids is 1. The molecular formula is C24H18FN3O4S. The first-order valence-corrected chi connectivity index (χ1v) is 11.1. The maximum absolute atomic E-state index is 13.9. The van der Waals surface area contributed by atoms with E-state index in [1.807, 2.05) is 12.1 Å². The number of hydrogen-bond acceptors (Lipinski definition) is 6. The largest absolute Gasteiger partial charge is 0.454 e. The fraction of sp³-hybridized carbons (Fsp3) is 0.125. The second-order valence-electron chi connectivity index (χ2n) is 7.28. The predicted octanol–water partition coefficient (Wildman–Crippen LogP) is 3.66. The Kier molecular flexibility index (Phi) is 5.70. The molecule has 3 aromatic carbocycles. The van der Waals surface area contributed by atoms with Crippen LogP contribution in [0.4, 0.5) is 4.39 Å². The smallest absolute Gasteiger partial charge is 0.266 e. The topological polar surface area (TPSA) is 82.5 Å². The van der Waals surface area contributed by atoms with E-state index in [2.05, 4.69) is 10.3 Å². The van der Waals surface area contributed by atoms with Crippen LogP contribution in [0.5, 0.6) is 11.5 Å². The first-order valence-electron chi connectivity index (χ1n) is 10.1. The van der Waals surface area contributed by atoms with E-state index in [9.17, 15) is 14.0 Å². The summed E-state index contributed by atoms with van der Waals surface area (Å²) in [4.78, 5) is 30.2. The molecule has 33 heavy (non-hydrogen) atoms. The number of nitrogens with one attached hydrogen (secondary N) is 1. The lowest BCUT2D eigenvalue weighted by molar-refractivity contribution is -0.118. The van der Waals surface area contributed by atoms with Crippen molar-refractivity contribution in [1.29, 1.82) is 0 Å². The third kappa shape index (κ3) is 4.40. The van der Waals surface area contributed by atoms with Crippen LogP contribution >= 0.6 is 11.8 Å². The molecule has 0 spiro atoms. The predicted molar refractivity (Wildman–Crippen MR) is 122 cm³/mol. The molecule has 166 valence electrons. The van der Waals surface area contributed by atoms with Gasteiger partial charge in [0.2, 0.25) is 12.7 Å². The van der Waals surface area contributed by atoms with Gasteiger partial charge in [0.1, 0.15) is 5.82 Å². The molecule has 1 aliphatic rings. The maximum atomic E-state index is 13.9. The molecule has 1 aromatic heterocycles. The summed E-state index contributed by atoms with van der Waals surface area (Å²) in [7, 11) is 0. The number of nitrogens with zero attached hydrogens (tertiary/aromatic N) is 2. The molecule has 7 nitrogen and oxygen atoms in total. The van der Waals surface area contributed by atoms with Gasteiger partial charge < -0.3 is 14.8 Å². The SMILES string of the molecule is O=C(CSc1nc2ccccc2c(=O)n1-c1cccc(F)c1)NCc1ccc2c(c1)OCO2. The molecule has 0 saturated heterocycles. The molecule has 0 unspecified atom stereocenters. The third-order valence-corrected chi connectivity index (χ3v) is 6.01. The van der Waals surface area contributed by atoms with Crippen LogP contribution in [-0.4, -0.2) is 28.0 Å². The molecule has 0 bridgehead atoms. The number of hydrogen-bond donors (Lipinski definition) is 1. The number of carbonyl (C=O) groups is 1. The number of amides is 1. The van der Waals surface area contributed by atoms with Crippen LogP contribution < -0.4 is 20.3 Å². The first kappa shape index (κ1) is 21.0. The van der Waals surface area contributed by atoms with Crippen molar-refractivity contribution in [2.75, 3.05) is 12.5 Å². The zero-order valence-electron chi connectivity index (χ0n) is 17.3. The Morgan fingerprint density at radius 2 is 1.91 bits per heavy atom. The molecule has 4 aromatic rings. The van der Waals surface area contributed by atoms with Crippen molar-refractivity contribution in [3.05, 3.63) is 88.5 Å². The van der Waals surface area contributed by atoms with Crippen molar-refractivity contribution in [2.45, 2.75) is 11.7 Å². The van der Waals surface area contributed by atoms with Crippen molar-refractivity contribution in [1.82, 2.24) is 14.9 Å². The van der Waals surface area contributed by atoms with Gasteiger partial charge in [-0.2, -0.15) is 0 Å². The highest BCUT2D eigenvalue weighted by atomic mass is 32.2. The van der Waals surface area contributed by atoms with Crippen molar-refractivity contribution >= 4 is 28.6 Å². The number of fused-ring (bicyclic) bond motifs is 2. The summed E-state index contributed by atoms with van der Waals surface area (Å²) in [5.41, 5.74) is 1.41. The van der Waals surface area contributed by atoms with Crippen molar-refractivity contribution < 1.29 is 18.7 Å². The highest BCUT2D eigenvalue weighted by Crippen LogP contribution is 2.32. The summed E-state index contributed by atoms with van der Waals surface area (Å²) in [6, 6.07) is 18.1. The van der Waals surface area contributed by atoms with E-state index in [0.717, 1.165) is 17.3 Å². The van der Waals surface area contributed by atoms with Gasteiger partial charge in [-0.15, -0.1) is 0 Å². The van der Waals surface area contributed by atoms with Gasteiger partial charge in [0.05, 0.1) is 22.3 Å². The lowest BCUT2D eigenvalue weighted by Gasteiger charge is -2.13. The fourth-order valence-electron chi connectivity index (χ4n) is 3.48. The Bertz CT molecular complexity index is 1420. The van der Waals surface area contributed by atoms with Crippen LogP contribution in [0.3, 0.4) is 0 Å². The monoisotopic (exact) mass is 463 g/mol. The Balaban J connectivity index is 1.36. The molecule has 0 saturated carbocycles. The van der Waals surface area contributed by atoms with Crippen LogP contribution in [0.2, 0.25) is 0 Å². The molecule has 0 aliphatic carbocycles. The van der Waals surface area contributed by atoms with E-state index in [-0.39, 0.29) is 24.0 Å². The molecule has 9 heteroatoms. The van der Waals surface area contributed by atoms with Gasteiger partial charge in [0, 0.05) is 6.54 Å².